The molecular weight excluding hydrogens is 240 g/mol. The van der Waals surface area contributed by atoms with Crippen LogP contribution in [0.2, 0.25) is 0 Å². The predicted molar refractivity (Wildman–Crippen MR) is 72.2 cm³/mol. The van der Waals surface area contributed by atoms with E-state index in [0.717, 1.165) is 32.1 Å². The first-order valence-corrected chi connectivity index (χ1v) is 7.37. The largest absolute Gasteiger partial charge is 0.550 e. The van der Waals surface area contributed by atoms with E-state index in [4.69, 9.17) is 0 Å². The van der Waals surface area contributed by atoms with Crippen LogP contribution in [0.5, 0.6) is 0 Å². The molecule has 0 saturated heterocycles. The third-order valence-corrected chi connectivity index (χ3v) is 5.71. The van der Waals surface area contributed by atoms with Crippen molar-refractivity contribution in [2.24, 2.45) is 16.7 Å². The summed E-state index contributed by atoms with van der Waals surface area (Å²) >= 11 is 0. The van der Waals surface area contributed by atoms with E-state index >= 15 is 0 Å². The van der Waals surface area contributed by atoms with Gasteiger partial charge in [0.05, 0.1) is 6.61 Å². The van der Waals surface area contributed by atoms with Gasteiger partial charge in [-0.1, -0.05) is 31.9 Å². The van der Waals surface area contributed by atoms with Gasteiger partial charge in [-0.15, -0.1) is 0 Å². The molecule has 0 amide bonds. The normalized spacial score (nSPS) is 39.1. The van der Waals surface area contributed by atoms with Gasteiger partial charge in [-0.05, 0) is 49.9 Å². The number of carbonyl (C=O) groups excluding carboxylic acids is 1. The van der Waals surface area contributed by atoms with E-state index in [-0.39, 0.29) is 23.9 Å². The third kappa shape index (κ3) is 2.33. The summed E-state index contributed by atoms with van der Waals surface area (Å²) in [6.07, 6.45) is 5.17. The Hall–Kier alpha value is -0.830. The molecule has 0 radical (unpaired) electrons. The number of carbonyl (C=O) groups is 1. The van der Waals surface area contributed by atoms with Crippen molar-refractivity contribution in [3.8, 4) is 0 Å². The summed E-state index contributed by atoms with van der Waals surface area (Å²) in [7, 11) is 0. The molecule has 0 aromatic heterocycles. The summed E-state index contributed by atoms with van der Waals surface area (Å²) in [5.41, 5.74) is 2.21. The van der Waals surface area contributed by atoms with Crippen LogP contribution >= 0.6 is 0 Å². The van der Waals surface area contributed by atoms with Gasteiger partial charge in [-0.2, -0.15) is 0 Å². The number of rotatable bonds is 3. The molecule has 19 heavy (non-hydrogen) atoms. The van der Waals surface area contributed by atoms with Crippen molar-refractivity contribution in [3.63, 3.8) is 0 Å². The van der Waals surface area contributed by atoms with Gasteiger partial charge < -0.3 is 15.0 Å². The first kappa shape index (κ1) is 14.6. The van der Waals surface area contributed by atoms with Gasteiger partial charge in [0.1, 0.15) is 0 Å². The molecule has 0 aliphatic heterocycles. The number of hydrogen-bond acceptors (Lipinski definition) is 3. The van der Waals surface area contributed by atoms with Gasteiger partial charge in [0.25, 0.3) is 0 Å². The average molecular weight is 265 g/mol. The van der Waals surface area contributed by atoms with E-state index in [1.807, 2.05) is 0 Å². The van der Waals surface area contributed by atoms with Crippen LogP contribution in [0, 0.1) is 16.7 Å². The Balaban J connectivity index is 2.48. The molecule has 0 heterocycles. The van der Waals surface area contributed by atoms with E-state index < -0.39 is 5.97 Å². The summed E-state index contributed by atoms with van der Waals surface area (Å²) in [5, 5.41) is 20.9. The number of aliphatic carboxylic acids is 1. The van der Waals surface area contributed by atoms with Crippen molar-refractivity contribution in [1.29, 1.82) is 0 Å². The quantitative estimate of drug-likeness (QED) is 0.794. The third-order valence-electron chi connectivity index (χ3n) is 5.71. The van der Waals surface area contributed by atoms with Crippen LogP contribution in [0.1, 0.15) is 59.3 Å². The summed E-state index contributed by atoms with van der Waals surface area (Å²) < 4.78 is 0. The highest BCUT2D eigenvalue weighted by Crippen LogP contribution is 2.56. The maximum atomic E-state index is 11.1. The Labute approximate surface area is 115 Å². The highest BCUT2D eigenvalue weighted by Gasteiger charge is 2.45. The van der Waals surface area contributed by atoms with E-state index in [2.05, 4.69) is 20.8 Å². The molecule has 2 aliphatic carbocycles. The van der Waals surface area contributed by atoms with Crippen LogP contribution in [-0.2, 0) is 4.79 Å². The molecule has 2 aliphatic rings. The van der Waals surface area contributed by atoms with Crippen molar-refractivity contribution in [2.45, 2.75) is 59.3 Å². The molecule has 0 bridgehead atoms. The Morgan fingerprint density at radius 3 is 2.63 bits per heavy atom. The van der Waals surface area contributed by atoms with E-state index in [1.165, 1.54) is 11.1 Å². The van der Waals surface area contributed by atoms with Gasteiger partial charge in [0.2, 0.25) is 0 Å². The van der Waals surface area contributed by atoms with Crippen molar-refractivity contribution in [2.75, 3.05) is 6.61 Å². The van der Waals surface area contributed by atoms with Crippen molar-refractivity contribution in [3.05, 3.63) is 11.1 Å². The van der Waals surface area contributed by atoms with E-state index in [9.17, 15) is 15.0 Å². The van der Waals surface area contributed by atoms with Gasteiger partial charge in [-0.3, -0.25) is 0 Å². The smallest absolute Gasteiger partial charge is 0.0522 e. The van der Waals surface area contributed by atoms with E-state index in [1.54, 1.807) is 0 Å². The SMILES string of the molecule is CC1CCC2=C(CCC[C@]2(C)CO)[C@@]1(C)CC(=O)[O-]. The summed E-state index contributed by atoms with van der Waals surface area (Å²) in [6.45, 7) is 6.52. The van der Waals surface area contributed by atoms with Crippen LogP contribution in [0.25, 0.3) is 0 Å². The summed E-state index contributed by atoms with van der Waals surface area (Å²) in [4.78, 5) is 11.1. The zero-order valence-electron chi connectivity index (χ0n) is 12.3. The van der Waals surface area contributed by atoms with Crippen LogP contribution in [0.15, 0.2) is 11.1 Å². The second-order valence-corrected chi connectivity index (χ2v) is 6.94. The molecule has 2 rings (SSSR count). The number of carboxylic acid groups (broad SMARTS) is 1. The van der Waals surface area contributed by atoms with Crippen molar-refractivity contribution >= 4 is 5.97 Å². The molecule has 1 unspecified atom stereocenters. The van der Waals surface area contributed by atoms with Crippen molar-refractivity contribution in [1.82, 2.24) is 0 Å². The lowest BCUT2D eigenvalue weighted by molar-refractivity contribution is -0.308. The monoisotopic (exact) mass is 265 g/mol. The van der Waals surface area contributed by atoms with Crippen LogP contribution in [0.3, 0.4) is 0 Å². The number of aliphatic hydroxyl groups excluding tert-OH is 1. The first-order chi connectivity index (χ1) is 8.83. The van der Waals surface area contributed by atoms with Gasteiger partial charge >= 0.3 is 0 Å². The van der Waals surface area contributed by atoms with Crippen molar-refractivity contribution < 1.29 is 15.0 Å². The lowest BCUT2D eigenvalue weighted by atomic mass is 9.55. The topological polar surface area (TPSA) is 60.4 Å². The molecule has 0 saturated carbocycles. The maximum absolute atomic E-state index is 11.1. The Kier molecular flexibility index (Phi) is 3.78. The highest BCUT2D eigenvalue weighted by atomic mass is 16.4. The molecule has 3 nitrogen and oxygen atoms in total. The summed E-state index contributed by atoms with van der Waals surface area (Å²) in [6, 6.07) is 0. The molecule has 1 N–H and O–H groups in total. The fraction of sp³-hybridized carbons (Fsp3) is 0.812. The number of allylic oxidation sites excluding steroid dienone is 1. The lowest BCUT2D eigenvalue weighted by Gasteiger charge is -2.50. The maximum Gasteiger partial charge on any atom is 0.0522 e. The minimum absolute atomic E-state index is 0.106. The molecule has 0 fully saturated rings. The Morgan fingerprint density at radius 2 is 2.05 bits per heavy atom. The van der Waals surface area contributed by atoms with Crippen LogP contribution in [-0.4, -0.2) is 17.7 Å². The standard InChI is InChI=1S/C16H26O3/c1-11-6-7-12-13(16(11,3)9-14(18)19)5-4-8-15(12,2)10-17/h11,17H,4-10H2,1-3H3,(H,18,19)/p-1/t11?,15-,16+/m1/s1. The number of hydrogen-bond donors (Lipinski definition) is 1. The lowest BCUT2D eigenvalue weighted by Crippen LogP contribution is -2.43. The molecular formula is C16H25O3-. The number of carboxylic acids is 1. The second-order valence-electron chi connectivity index (χ2n) is 6.94. The minimum atomic E-state index is -0.959. The highest BCUT2D eigenvalue weighted by molar-refractivity contribution is 5.66. The Bertz CT molecular complexity index is 412. The first-order valence-electron chi connectivity index (χ1n) is 7.37. The van der Waals surface area contributed by atoms with Gasteiger partial charge in [-0.25, -0.2) is 0 Å². The molecule has 0 spiro atoms. The molecule has 0 aromatic rings. The summed E-state index contributed by atoms with van der Waals surface area (Å²) in [5.74, 6) is -0.593. The fourth-order valence-electron chi connectivity index (χ4n) is 4.14. The minimum Gasteiger partial charge on any atom is -0.550 e. The van der Waals surface area contributed by atoms with E-state index in [0.29, 0.717) is 5.92 Å². The molecule has 108 valence electrons. The zero-order valence-corrected chi connectivity index (χ0v) is 12.3. The van der Waals surface area contributed by atoms with Gasteiger partial charge in [0.15, 0.2) is 0 Å². The average Bonchev–Trinajstić information content (AvgIpc) is 2.34. The zero-order chi connectivity index (χ0) is 14.3. The van der Waals surface area contributed by atoms with Crippen LogP contribution < -0.4 is 5.11 Å². The molecule has 0 aromatic carbocycles. The molecule has 3 atom stereocenters. The molecule has 3 heteroatoms. The van der Waals surface area contributed by atoms with Crippen LogP contribution in [0.4, 0.5) is 0 Å². The predicted octanol–water partition coefficient (Wildman–Crippen LogP) is 2.04. The van der Waals surface area contributed by atoms with Gasteiger partial charge in [0, 0.05) is 11.4 Å². The fourth-order valence-corrected chi connectivity index (χ4v) is 4.14. The Morgan fingerprint density at radius 1 is 1.37 bits per heavy atom. The number of aliphatic hydroxyl groups is 1. The second kappa shape index (κ2) is 4.93.